The fourth-order valence-electron chi connectivity index (χ4n) is 2.11. The van der Waals surface area contributed by atoms with E-state index in [1.54, 1.807) is 16.8 Å². The van der Waals surface area contributed by atoms with Crippen molar-refractivity contribution in [2.24, 2.45) is 0 Å². The quantitative estimate of drug-likeness (QED) is 0.804. The minimum atomic E-state index is 0.0227. The first-order valence-corrected chi connectivity index (χ1v) is 5.93. The molecule has 4 nitrogen and oxygen atoms in total. The van der Waals surface area contributed by atoms with Crippen LogP contribution in [0.15, 0.2) is 29.1 Å². The van der Waals surface area contributed by atoms with E-state index < -0.39 is 0 Å². The maximum absolute atomic E-state index is 12.2. The van der Waals surface area contributed by atoms with E-state index in [2.05, 4.69) is 10.4 Å². The number of halogens is 1. The van der Waals surface area contributed by atoms with Gasteiger partial charge in [0.05, 0.1) is 11.3 Å². The highest BCUT2D eigenvalue weighted by atomic mass is 35.5. The van der Waals surface area contributed by atoms with Crippen LogP contribution in [-0.4, -0.2) is 16.3 Å². The summed E-state index contributed by atoms with van der Waals surface area (Å²) in [7, 11) is 0. The van der Waals surface area contributed by atoms with Gasteiger partial charge in [0.25, 0.3) is 5.56 Å². The summed E-state index contributed by atoms with van der Waals surface area (Å²) in [5.41, 5.74) is 2.71. The van der Waals surface area contributed by atoms with Gasteiger partial charge in [0.1, 0.15) is 0 Å². The van der Waals surface area contributed by atoms with Crippen molar-refractivity contribution >= 4 is 11.6 Å². The fraction of sp³-hybridized carbons (Fsp3) is 0.250. The van der Waals surface area contributed by atoms with Gasteiger partial charge < -0.3 is 5.32 Å². The molecule has 0 saturated heterocycles. The van der Waals surface area contributed by atoms with E-state index in [0.717, 1.165) is 29.9 Å². The maximum atomic E-state index is 12.2. The van der Waals surface area contributed by atoms with Gasteiger partial charge in [0, 0.05) is 30.2 Å². The highest BCUT2D eigenvalue weighted by Gasteiger charge is 2.17. The summed E-state index contributed by atoms with van der Waals surface area (Å²) in [6.07, 6.45) is 0.866. The van der Waals surface area contributed by atoms with Crippen LogP contribution >= 0.6 is 11.6 Å². The summed E-state index contributed by atoms with van der Waals surface area (Å²) in [4.78, 5) is 12.2. The van der Waals surface area contributed by atoms with Gasteiger partial charge in [-0.15, -0.1) is 0 Å². The first-order valence-electron chi connectivity index (χ1n) is 5.55. The Hall–Kier alpha value is -1.52. The molecule has 0 fully saturated rings. The van der Waals surface area contributed by atoms with Crippen molar-refractivity contribution in [1.82, 2.24) is 15.1 Å². The van der Waals surface area contributed by atoms with Gasteiger partial charge in [-0.25, -0.2) is 4.68 Å². The molecule has 1 aromatic heterocycles. The standard InChI is InChI=1S/C12H12ClN3O/c13-8-1-3-9(4-2-8)16-12(17)10-7-14-6-5-11(10)15-16/h1-4,14-15H,5-7H2. The molecule has 1 aromatic carbocycles. The highest BCUT2D eigenvalue weighted by Crippen LogP contribution is 2.14. The van der Waals surface area contributed by atoms with E-state index in [-0.39, 0.29) is 5.56 Å². The predicted octanol–water partition coefficient (Wildman–Crippen LogP) is 1.46. The summed E-state index contributed by atoms with van der Waals surface area (Å²) in [6.45, 7) is 1.55. The Labute approximate surface area is 103 Å². The number of benzene rings is 1. The molecule has 0 amide bonds. The van der Waals surface area contributed by atoms with Crippen molar-refractivity contribution in [3.05, 3.63) is 50.9 Å². The fourth-order valence-corrected chi connectivity index (χ4v) is 2.23. The van der Waals surface area contributed by atoms with E-state index in [9.17, 15) is 4.79 Å². The molecule has 2 heterocycles. The number of rotatable bonds is 1. The molecule has 0 radical (unpaired) electrons. The van der Waals surface area contributed by atoms with Crippen LogP contribution in [0.3, 0.4) is 0 Å². The lowest BCUT2D eigenvalue weighted by atomic mass is 10.1. The molecule has 1 aliphatic rings. The third-order valence-electron chi connectivity index (χ3n) is 3.01. The van der Waals surface area contributed by atoms with Gasteiger partial charge in [-0.2, -0.15) is 0 Å². The molecule has 0 bridgehead atoms. The topological polar surface area (TPSA) is 49.8 Å². The second kappa shape index (κ2) is 4.05. The van der Waals surface area contributed by atoms with E-state index in [0.29, 0.717) is 11.6 Å². The molecule has 0 unspecified atom stereocenters. The van der Waals surface area contributed by atoms with Crippen LogP contribution in [0.2, 0.25) is 5.02 Å². The summed E-state index contributed by atoms with van der Waals surface area (Å²) in [5, 5.41) is 7.03. The van der Waals surface area contributed by atoms with Gasteiger partial charge in [-0.05, 0) is 24.3 Å². The Morgan fingerprint density at radius 1 is 1.24 bits per heavy atom. The van der Waals surface area contributed by atoms with Crippen LogP contribution < -0.4 is 10.9 Å². The Bertz CT molecular complexity index is 597. The molecule has 1 aliphatic heterocycles. The van der Waals surface area contributed by atoms with Crippen LogP contribution in [0, 0.1) is 0 Å². The van der Waals surface area contributed by atoms with Crippen molar-refractivity contribution in [2.75, 3.05) is 6.54 Å². The summed E-state index contributed by atoms with van der Waals surface area (Å²) >= 11 is 5.83. The molecule has 0 atom stereocenters. The van der Waals surface area contributed by atoms with E-state index >= 15 is 0 Å². The second-order valence-electron chi connectivity index (χ2n) is 4.11. The van der Waals surface area contributed by atoms with E-state index in [1.165, 1.54) is 0 Å². The number of H-pyrrole nitrogens is 1. The molecule has 17 heavy (non-hydrogen) atoms. The Kier molecular flexibility index (Phi) is 2.53. The first-order chi connectivity index (χ1) is 8.25. The molecular formula is C12H12ClN3O. The Balaban J connectivity index is 2.12. The maximum Gasteiger partial charge on any atom is 0.275 e. The largest absolute Gasteiger partial charge is 0.312 e. The molecule has 5 heteroatoms. The number of aromatic amines is 1. The molecule has 88 valence electrons. The number of fused-ring (bicyclic) bond motifs is 1. The zero-order valence-electron chi connectivity index (χ0n) is 9.16. The van der Waals surface area contributed by atoms with Gasteiger partial charge in [0.2, 0.25) is 0 Å². The normalized spacial score (nSPS) is 14.6. The molecule has 2 aromatic rings. The number of nitrogens with one attached hydrogen (secondary N) is 2. The third kappa shape index (κ3) is 1.79. The summed E-state index contributed by atoms with van der Waals surface area (Å²) in [5.74, 6) is 0. The average Bonchev–Trinajstić information content (AvgIpc) is 2.69. The summed E-state index contributed by atoms with van der Waals surface area (Å²) < 4.78 is 1.58. The highest BCUT2D eigenvalue weighted by molar-refractivity contribution is 6.30. The van der Waals surface area contributed by atoms with Crippen molar-refractivity contribution in [3.8, 4) is 5.69 Å². The average molecular weight is 250 g/mol. The number of aromatic nitrogens is 2. The first kappa shape index (κ1) is 10.6. The molecular weight excluding hydrogens is 238 g/mol. The minimum absolute atomic E-state index is 0.0227. The van der Waals surface area contributed by atoms with Crippen molar-refractivity contribution in [1.29, 1.82) is 0 Å². The molecule has 0 spiro atoms. The SMILES string of the molecule is O=c1c2c([nH]n1-c1ccc(Cl)cc1)CCNC2. The zero-order valence-corrected chi connectivity index (χ0v) is 9.92. The lowest BCUT2D eigenvalue weighted by Crippen LogP contribution is -2.27. The number of hydrogen-bond acceptors (Lipinski definition) is 2. The molecule has 0 aliphatic carbocycles. The van der Waals surface area contributed by atoms with Crippen LogP contribution in [0.25, 0.3) is 5.69 Å². The molecule has 3 rings (SSSR count). The molecule has 0 saturated carbocycles. The predicted molar refractivity (Wildman–Crippen MR) is 66.8 cm³/mol. The van der Waals surface area contributed by atoms with E-state index in [4.69, 9.17) is 11.6 Å². The second-order valence-corrected chi connectivity index (χ2v) is 4.55. The lowest BCUT2D eigenvalue weighted by Gasteiger charge is -2.09. The van der Waals surface area contributed by atoms with Crippen LogP contribution in [-0.2, 0) is 13.0 Å². The van der Waals surface area contributed by atoms with Crippen LogP contribution in [0.5, 0.6) is 0 Å². The van der Waals surface area contributed by atoms with E-state index in [1.807, 2.05) is 12.1 Å². The van der Waals surface area contributed by atoms with Crippen LogP contribution in [0.1, 0.15) is 11.3 Å². The van der Waals surface area contributed by atoms with Gasteiger partial charge in [-0.3, -0.25) is 9.89 Å². The lowest BCUT2D eigenvalue weighted by molar-refractivity contribution is 0.634. The smallest absolute Gasteiger partial charge is 0.275 e. The third-order valence-corrected chi connectivity index (χ3v) is 3.26. The Morgan fingerprint density at radius 3 is 2.71 bits per heavy atom. The van der Waals surface area contributed by atoms with Crippen molar-refractivity contribution in [3.63, 3.8) is 0 Å². The Morgan fingerprint density at radius 2 is 2.00 bits per heavy atom. The summed E-state index contributed by atoms with van der Waals surface area (Å²) in [6, 6.07) is 7.22. The van der Waals surface area contributed by atoms with Crippen molar-refractivity contribution < 1.29 is 0 Å². The zero-order chi connectivity index (χ0) is 11.8. The van der Waals surface area contributed by atoms with Crippen LogP contribution in [0.4, 0.5) is 0 Å². The van der Waals surface area contributed by atoms with Crippen molar-refractivity contribution in [2.45, 2.75) is 13.0 Å². The van der Waals surface area contributed by atoms with Gasteiger partial charge in [-0.1, -0.05) is 11.6 Å². The minimum Gasteiger partial charge on any atom is -0.312 e. The van der Waals surface area contributed by atoms with Gasteiger partial charge in [0.15, 0.2) is 0 Å². The molecule has 2 N–H and O–H groups in total. The number of hydrogen-bond donors (Lipinski definition) is 2. The van der Waals surface area contributed by atoms with Gasteiger partial charge >= 0.3 is 0 Å². The monoisotopic (exact) mass is 249 g/mol. The number of nitrogens with zero attached hydrogens (tertiary/aromatic N) is 1.